The Morgan fingerprint density at radius 1 is 1.04 bits per heavy atom. The molecule has 1 aromatic heterocycles. The summed E-state index contributed by atoms with van der Waals surface area (Å²) in [6.07, 6.45) is 2.14. The van der Waals surface area contributed by atoms with E-state index in [0.29, 0.717) is 5.16 Å². The van der Waals surface area contributed by atoms with Gasteiger partial charge in [-0.15, -0.1) is 5.10 Å². The van der Waals surface area contributed by atoms with E-state index in [1.165, 1.54) is 11.8 Å². The van der Waals surface area contributed by atoms with Gasteiger partial charge in [-0.05, 0) is 47.4 Å². The van der Waals surface area contributed by atoms with E-state index < -0.39 is 0 Å². The van der Waals surface area contributed by atoms with Crippen LogP contribution in [0.2, 0.25) is 0 Å². The van der Waals surface area contributed by atoms with Crippen LogP contribution in [0.25, 0.3) is 5.69 Å². The lowest BCUT2D eigenvalue weighted by molar-refractivity contribution is -0.129. The highest BCUT2D eigenvalue weighted by Crippen LogP contribution is 2.37. The van der Waals surface area contributed by atoms with Crippen molar-refractivity contribution in [2.75, 3.05) is 13.1 Å². The Kier molecular flexibility index (Phi) is 5.20. The summed E-state index contributed by atoms with van der Waals surface area (Å²) in [7, 11) is 0. The normalized spacial score (nSPS) is 15.1. The first-order chi connectivity index (χ1) is 13.2. The molecule has 1 saturated heterocycles. The van der Waals surface area contributed by atoms with Crippen molar-refractivity contribution in [2.45, 2.75) is 30.2 Å². The smallest absolute Gasteiger partial charge is 0.240 e. The third kappa shape index (κ3) is 3.73. The molecule has 1 amide bonds. The number of carbonyl (C=O) groups is 1. The van der Waals surface area contributed by atoms with Gasteiger partial charge in [-0.1, -0.05) is 60.3 Å². The topological polar surface area (TPSA) is 63.9 Å². The van der Waals surface area contributed by atoms with E-state index in [0.717, 1.165) is 42.7 Å². The number of likely N-dealkylation sites (tertiary alicyclic amines) is 1. The molecule has 1 unspecified atom stereocenters. The van der Waals surface area contributed by atoms with E-state index in [1.807, 2.05) is 66.4 Å². The molecule has 138 valence electrons. The number of tetrazole rings is 1. The number of amides is 1. The summed E-state index contributed by atoms with van der Waals surface area (Å²) in [5, 5.41) is 12.5. The molecule has 3 aromatic rings. The fourth-order valence-electron chi connectivity index (χ4n) is 3.30. The maximum absolute atomic E-state index is 13.2. The van der Waals surface area contributed by atoms with Crippen LogP contribution in [0, 0.1) is 6.92 Å². The molecule has 0 bridgehead atoms. The number of aryl methyl sites for hydroxylation is 1. The molecule has 0 spiro atoms. The van der Waals surface area contributed by atoms with Crippen LogP contribution in [0.4, 0.5) is 0 Å². The monoisotopic (exact) mass is 379 g/mol. The highest BCUT2D eigenvalue weighted by molar-refractivity contribution is 8.00. The second kappa shape index (κ2) is 7.92. The Bertz CT molecular complexity index is 921. The Morgan fingerprint density at radius 2 is 1.74 bits per heavy atom. The van der Waals surface area contributed by atoms with E-state index in [9.17, 15) is 4.79 Å². The highest BCUT2D eigenvalue weighted by Gasteiger charge is 2.30. The van der Waals surface area contributed by atoms with Crippen LogP contribution in [0.5, 0.6) is 0 Å². The van der Waals surface area contributed by atoms with Crippen LogP contribution in [0.1, 0.15) is 29.2 Å². The zero-order valence-electron chi connectivity index (χ0n) is 15.2. The first kappa shape index (κ1) is 17.7. The average molecular weight is 379 g/mol. The van der Waals surface area contributed by atoms with Gasteiger partial charge in [-0.25, -0.2) is 0 Å². The maximum Gasteiger partial charge on any atom is 0.240 e. The van der Waals surface area contributed by atoms with Gasteiger partial charge in [0.05, 0.1) is 5.69 Å². The SMILES string of the molecule is Cc1ccccc1-n1nnnc1SC(C(=O)N1CCCC1)c1ccccc1. The second-order valence-corrected chi connectivity index (χ2v) is 7.67. The Hall–Kier alpha value is -2.67. The van der Waals surface area contributed by atoms with Gasteiger partial charge in [0.15, 0.2) is 0 Å². The summed E-state index contributed by atoms with van der Waals surface area (Å²) in [4.78, 5) is 15.2. The zero-order valence-corrected chi connectivity index (χ0v) is 16.0. The molecule has 0 radical (unpaired) electrons. The number of thioether (sulfide) groups is 1. The van der Waals surface area contributed by atoms with Gasteiger partial charge in [-0.3, -0.25) is 4.79 Å². The summed E-state index contributed by atoms with van der Waals surface area (Å²) in [6, 6.07) is 17.8. The predicted octanol–water partition coefficient (Wildman–Crippen LogP) is 3.43. The molecule has 0 N–H and O–H groups in total. The quantitative estimate of drug-likeness (QED) is 0.636. The number of hydrogen-bond acceptors (Lipinski definition) is 5. The summed E-state index contributed by atoms with van der Waals surface area (Å²) in [6.45, 7) is 3.67. The van der Waals surface area contributed by atoms with Crippen molar-refractivity contribution < 1.29 is 4.79 Å². The van der Waals surface area contributed by atoms with Crippen LogP contribution < -0.4 is 0 Å². The lowest BCUT2D eigenvalue weighted by Crippen LogP contribution is -2.31. The molecule has 27 heavy (non-hydrogen) atoms. The van der Waals surface area contributed by atoms with Crippen molar-refractivity contribution in [3.8, 4) is 5.69 Å². The van der Waals surface area contributed by atoms with Gasteiger partial charge in [-0.2, -0.15) is 4.68 Å². The number of hydrogen-bond donors (Lipinski definition) is 0. The molecule has 0 saturated carbocycles. The average Bonchev–Trinajstić information content (AvgIpc) is 3.39. The number of benzene rings is 2. The minimum Gasteiger partial charge on any atom is -0.341 e. The van der Waals surface area contributed by atoms with Crippen LogP contribution in [0.3, 0.4) is 0 Å². The van der Waals surface area contributed by atoms with Crippen LogP contribution >= 0.6 is 11.8 Å². The lowest BCUT2D eigenvalue weighted by atomic mass is 10.1. The van der Waals surface area contributed by atoms with Crippen molar-refractivity contribution in [2.24, 2.45) is 0 Å². The fourth-order valence-corrected chi connectivity index (χ4v) is 4.37. The third-order valence-electron chi connectivity index (χ3n) is 4.75. The van der Waals surface area contributed by atoms with E-state index in [1.54, 1.807) is 4.68 Å². The molecule has 1 aliphatic rings. The van der Waals surface area contributed by atoms with Crippen molar-refractivity contribution in [1.82, 2.24) is 25.1 Å². The molecule has 2 heterocycles. The van der Waals surface area contributed by atoms with E-state index >= 15 is 0 Å². The Labute approximate surface area is 162 Å². The molecule has 1 fully saturated rings. The minimum atomic E-state index is -0.363. The van der Waals surface area contributed by atoms with Gasteiger partial charge < -0.3 is 4.90 Å². The summed E-state index contributed by atoms with van der Waals surface area (Å²) >= 11 is 1.41. The summed E-state index contributed by atoms with van der Waals surface area (Å²) in [5.74, 6) is 0.128. The molecular formula is C20H21N5OS. The molecule has 4 rings (SSSR count). The van der Waals surface area contributed by atoms with Gasteiger partial charge in [0.2, 0.25) is 11.1 Å². The van der Waals surface area contributed by atoms with Gasteiger partial charge in [0, 0.05) is 13.1 Å². The van der Waals surface area contributed by atoms with Crippen molar-refractivity contribution in [3.05, 3.63) is 65.7 Å². The van der Waals surface area contributed by atoms with E-state index in [4.69, 9.17) is 0 Å². The lowest BCUT2D eigenvalue weighted by Gasteiger charge is -2.22. The highest BCUT2D eigenvalue weighted by atomic mass is 32.2. The summed E-state index contributed by atoms with van der Waals surface area (Å²) in [5.41, 5.74) is 2.97. The Morgan fingerprint density at radius 3 is 2.48 bits per heavy atom. The standard InChI is InChI=1S/C20H21N5OS/c1-15-9-5-6-12-17(15)25-20(21-22-23-25)27-18(16-10-3-2-4-11-16)19(26)24-13-7-8-14-24/h2-6,9-12,18H,7-8,13-14H2,1H3. The fraction of sp³-hybridized carbons (Fsp3) is 0.300. The van der Waals surface area contributed by atoms with Crippen molar-refractivity contribution in [3.63, 3.8) is 0 Å². The van der Waals surface area contributed by atoms with Crippen molar-refractivity contribution in [1.29, 1.82) is 0 Å². The predicted molar refractivity (Wildman–Crippen MR) is 105 cm³/mol. The number of rotatable bonds is 5. The molecular weight excluding hydrogens is 358 g/mol. The largest absolute Gasteiger partial charge is 0.341 e. The number of carbonyl (C=O) groups excluding carboxylic acids is 1. The number of para-hydroxylation sites is 1. The van der Waals surface area contributed by atoms with Crippen LogP contribution in [-0.2, 0) is 4.79 Å². The van der Waals surface area contributed by atoms with Gasteiger partial charge in [0.25, 0.3) is 0 Å². The molecule has 2 aromatic carbocycles. The number of aromatic nitrogens is 4. The molecule has 1 atom stereocenters. The first-order valence-corrected chi connectivity index (χ1v) is 9.97. The summed E-state index contributed by atoms with van der Waals surface area (Å²) < 4.78 is 1.72. The van der Waals surface area contributed by atoms with Crippen molar-refractivity contribution >= 4 is 17.7 Å². The second-order valence-electron chi connectivity index (χ2n) is 6.60. The first-order valence-electron chi connectivity index (χ1n) is 9.09. The van der Waals surface area contributed by atoms with Gasteiger partial charge in [0.1, 0.15) is 5.25 Å². The maximum atomic E-state index is 13.2. The zero-order chi connectivity index (χ0) is 18.6. The molecule has 1 aliphatic heterocycles. The molecule has 7 heteroatoms. The van der Waals surface area contributed by atoms with E-state index in [2.05, 4.69) is 15.5 Å². The van der Waals surface area contributed by atoms with E-state index in [-0.39, 0.29) is 11.2 Å². The molecule has 6 nitrogen and oxygen atoms in total. The van der Waals surface area contributed by atoms with Crippen LogP contribution in [0.15, 0.2) is 59.8 Å². The van der Waals surface area contributed by atoms with Gasteiger partial charge >= 0.3 is 0 Å². The third-order valence-corrected chi connectivity index (χ3v) is 5.93. The molecule has 0 aliphatic carbocycles. The minimum absolute atomic E-state index is 0.128. The number of nitrogens with zero attached hydrogens (tertiary/aromatic N) is 5. The Balaban J connectivity index is 1.68. The van der Waals surface area contributed by atoms with Crippen LogP contribution in [-0.4, -0.2) is 44.1 Å².